The fourth-order valence-corrected chi connectivity index (χ4v) is 6.96. The lowest BCUT2D eigenvalue weighted by Gasteiger charge is -2.07. The molecule has 2 aromatic rings. The average Bonchev–Trinajstić information content (AvgIpc) is 2.73. The van der Waals surface area contributed by atoms with E-state index in [4.69, 9.17) is 0 Å². The molecule has 0 bridgehead atoms. The normalized spacial score (nSPS) is 11.1. The molecule has 0 aliphatic rings. The second-order valence-corrected chi connectivity index (χ2v) is 9.36. The number of alkyl halides is 1. The van der Waals surface area contributed by atoms with Crippen LogP contribution in [-0.4, -0.2) is 0 Å². The Morgan fingerprint density at radius 2 is 1.36 bits per heavy atom. The van der Waals surface area contributed by atoms with E-state index in [9.17, 15) is 0 Å². The molecule has 0 fully saturated rings. The molecule has 2 heterocycles. The maximum Gasteiger partial charge on any atom is 0.0699 e. The molecule has 14 heavy (non-hydrogen) atoms. The first-order chi connectivity index (χ1) is 6.70. The van der Waals surface area contributed by atoms with Crippen LogP contribution in [0.2, 0.25) is 0 Å². The summed E-state index contributed by atoms with van der Waals surface area (Å²) < 4.78 is 3.32. The van der Waals surface area contributed by atoms with Crippen LogP contribution in [0, 0.1) is 5.77 Å². The van der Waals surface area contributed by atoms with Crippen molar-refractivity contribution in [3.8, 4) is 0 Å². The van der Waals surface area contributed by atoms with E-state index in [-0.39, 0.29) is 0 Å². The molecule has 0 aliphatic heterocycles. The van der Waals surface area contributed by atoms with Gasteiger partial charge in [0.15, 0.2) is 0 Å². The van der Waals surface area contributed by atoms with Gasteiger partial charge in [-0.3, -0.25) is 0 Å². The number of halogens is 3. The third-order valence-electron chi connectivity index (χ3n) is 1.84. The number of hydrogen-bond acceptors (Lipinski definition) is 2. The Balaban J connectivity index is 2.38. The van der Waals surface area contributed by atoms with Gasteiger partial charge in [-0.25, -0.2) is 0 Å². The Labute approximate surface area is 132 Å². The third kappa shape index (κ3) is 2.46. The minimum Gasteiger partial charge on any atom is -0.137 e. The molecule has 0 nitrogen and oxygen atoms in total. The smallest absolute Gasteiger partial charge is 0.0699 e. The molecule has 2 rings (SSSR count). The predicted octanol–water partition coefficient (Wildman–Crippen LogP) is 5.54. The fraction of sp³-hybridized carbons (Fsp3) is 0.111. The summed E-state index contributed by atoms with van der Waals surface area (Å²) in [4.78, 5) is 0. The van der Waals surface area contributed by atoms with Crippen molar-refractivity contribution in [3.63, 3.8) is 0 Å². The summed E-state index contributed by atoms with van der Waals surface area (Å²) in [6, 6.07) is 4.47. The highest BCUT2D eigenvalue weighted by atomic mass is 127. The van der Waals surface area contributed by atoms with Gasteiger partial charge in [0.05, 0.1) is 9.69 Å². The molecule has 0 amide bonds. The third-order valence-corrected chi connectivity index (χ3v) is 7.38. The van der Waals surface area contributed by atoms with E-state index in [1.54, 1.807) is 0 Å². The molecule has 74 valence electrons. The summed E-state index contributed by atoms with van der Waals surface area (Å²) in [6.45, 7) is 0. The van der Waals surface area contributed by atoms with Gasteiger partial charge in [0.25, 0.3) is 0 Å². The van der Waals surface area contributed by atoms with Crippen molar-refractivity contribution in [2.45, 2.75) is 3.92 Å². The minimum atomic E-state index is 0.504. The van der Waals surface area contributed by atoms with Crippen molar-refractivity contribution < 1.29 is 0 Å². The molecule has 5 heteroatoms. The van der Waals surface area contributed by atoms with E-state index in [1.165, 1.54) is 16.9 Å². The van der Waals surface area contributed by atoms with Crippen molar-refractivity contribution in [3.05, 3.63) is 39.8 Å². The zero-order valence-electron chi connectivity index (χ0n) is 6.84. The first-order valence-corrected chi connectivity index (χ1v) is 8.96. The van der Waals surface area contributed by atoms with Crippen LogP contribution >= 0.6 is 90.4 Å². The van der Waals surface area contributed by atoms with Crippen molar-refractivity contribution in [1.29, 1.82) is 0 Å². The Kier molecular flexibility index (Phi) is 4.55. The molecule has 0 atom stereocenters. The van der Waals surface area contributed by atoms with Gasteiger partial charge in [0, 0.05) is 0 Å². The van der Waals surface area contributed by atoms with Crippen LogP contribution in [0.4, 0.5) is 0 Å². The first kappa shape index (κ1) is 12.1. The van der Waals surface area contributed by atoms with Crippen LogP contribution in [0.5, 0.6) is 0 Å². The molecule has 0 unspecified atom stereocenters. The Morgan fingerprint density at radius 1 is 0.929 bits per heavy atom. The molecule has 2 aromatic heterocycles. The van der Waals surface area contributed by atoms with Gasteiger partial charge in [0.1, 0.15) is 0 Å². The highest BCUT2D eigenvalue weighted by Gasteiger charge is 2.17. The van der Waals surface area contributed by atoms with E-state index >= 15 is 0 Å². The van der Waals surface area contributed by atoms with Crippen LogP contribution in [-0.2, 0) is 0 Å². The monoisotopic (exact) mass is 558 g/mol. The van der Waals surface area contributed by atoms with Gasteiger partial charge in [-0.2, -0.15) is 0 Å². The zero-order valence-corrected chi connectivity index (χ0v) is 14.9. The van der Waals surface area contributed by atoms with E-state index in [1.807, 2.05) is 22.7 Å². The van der Waals surface area contributed by atoms with Gasteiger partial charge in [-0.05, 0) is 79.2 Å². The molecule has 0 aromatic carbocycles. The van der Waals surface area contributed by atoms with Crippen LogP contribution in [0.1, 0.15) is 15.1 Å². The molecular weight excluding hydrogens is 553 g/mol. The van der Waals surface area contributed by atoms with Gasteiger partial charge in [-0.1, -0.05) is 22.6 Å². The van der Waals surface area contributed by atoms with Gasteiger partial charge >= 0.3 is 0 Å². The molecule has 0 spiro atoms. The standard InChI is InChI=1S/C9H5I3S2/c10-7(5-1-3-13-8(5)11)6-2-4-14-9(6)12/h1-4,7H. The summed E-state index contributed by atoms with van der Waals surface area (Å²) in [5.74, 6) is 0. The number of rotatable bonds is 2. The van der Waals surface area contributed by atoms with Gasteiger partial charge in [0.2, 0.25) is 0 Å². The average molecular weight is 558 g/mol. The maximum absolute atomic E-state index is 2.52. The lowest BCUT2D eigenvalue weighted by molar-refractivity contribution is 1.22. The zero-order chi connectivity index (χ0) is 10.1. The molecular formula is C9H5I3S2. The quantitative estimate of drug-likeness (QED) is 0.336. The first-order valence-electron chi connectivity index (χ1n) is 3.80. The van der Waals surface area contributed by atoms with E-state index in [2.05, 4.69) is 90.7 Å². The van der Waals surface area contributed by atoms with Crippen molar-refractivity contribution in [1.82, 2.24) is 0 Å². The lowest BCUT2D eigenvalue weighted by atomic mass is 10.1. The topological polar surface area (TPSA) is 0 Å². The summed E-state index contributed by atoms with van der Waals surface area (Å²) in [5, 5.41) is 4.34. The Hall–Kier alpha value is 1.59. The summed E-state index contributed by atoms with van der Waals surface area (Å²) in [5.41, 5.74) is 2.90. The fourth-order valence-electron chi connectivity index (χ4n) is 1.14. The van der Waals surface area contributed by atoms with Gasteiger partial charge < -0.3 is 0 Å². The van der Waals surface area contributed by atoms with Crippen LogP contribution in [0.25, 0.3) is 0 Å². The Bertz CT molecular complexity index is 392. The largest absolute Gasteiger partial charge is 0.137 e. The highest BCUT2D eigenvalue weighted by molar-refractivity contribution is 14.1. The second kappa shape index (κ2) is 5.28. The van der Waals surface area contributed by atoms with E-state index in [0.717, 1.165) is 0 Å². The number of thiophene rings is 2. The molecule has 0 saturated heterocycles. The van der Waals surface area contributed by atoms with Gasteiger partial charge in [-0.15, -0.1) is 22.7 Å². The second-order valence-electron chi connectivity index (χ2n) is 2.66. The predicted molar refractivity (Wildman–Crippen MR) is 89.9 cm³/mol. The van der Waals surface area contributed by atoms with E-state index in [0.29, 0.717) is 3.92 Å². The summed E-state index contributed by atoms with van der Waals surface area (Å²) in [6.07, 6.45) is 0. The molecule has 0 aliphatic carbocycles. The summed E-state index contributed by atoms with van der Waals surface area (Å²) >= 11 is 11.0. The van der Waals surface area contributed by atoms with E-state index < -0.39 is 0 Å². The van der Waals surface area contributed by atoms with Crippen LogP contribution in [0.15, 0.2) is 22.9 Å². The molecule has 0 N–H and O–H groups in total. The van der Waals surface area contributed by atoms with Crippen LogP contribution < -0.4 is 0 Å². The highest BCUT2D eigenvalue weighted by Crippen LogP contribution is 2.39. The number of hydrogen-bond donors (Lipinski definition) is 0. The van der Waals surface area contributed by atoms with Crippen LogP contribution in [0.3, 0.4) is 0 Å². The Morgan fingerprint density at radius 3 is 1.64 bits per heavy atom. The lowest BCUT2D eigenvalue weighted by Crippen LogP contribution is -1.91. The van der Waals surface area contributed by atoms with Crippen molar-refractivity contribution >= 4 is 90.4 Å². The van der Waals surface area contributed by atoms with Crippen molar-refractivity contribution in [2.24, 2.45) is 0 Å². The van der Waals surface area contributed by atoms with Crippen molar-refractivity contribution in [2.75, 3.05) is 0 Å². The maximum atomic E-state index is 2.52. The minimum absolute atomic E-state index is 0.504. The SMILES string of the molecule is Ic1sccc1C(I)c1ccsc1I. The summed E-state index contributed by atoms with van der Waals surface area (Å²) in [7, 11) is 0. The molecule has 0 saturated carbocycles. The molecule has 0 radical (unpaired) electrons.